The molecule has 108 valence electrons. The van der Waals surface area contributed by atoms with Gasteiger partial charge >= 0.3 is 11.9 Å². The van der Waals surface area contributed by atoms with Gasteiger partial charge in [-0.2, -0.15) is 0 Å². The lowest BCUT2D eigenvalue weighted by Gasteiger charge is -2.14. The largest absolute Gasteiger partial charge is 0.480 e. The first-order chi connectivity index (χ1) is 9.38. The van der Waals surface area contributed by atoms with E-state index in [0.717, 1.165) is 6.92 Å². The first-order valence-electron chi connectivity index (χ1n) is 5.64. The van der Waals surface area contributed by atoms with Crippen molar-refractivity contribution in [1.82, 2.24) is 10.3 Å². The summed E-state index contributed by atoms with van der Waals surface area (Å²) in [5, 5.41) is 11.6. The molecule has 0 saturated heterocycles. The van der Waals surface area contributed by atoms with E-state index in [2.05, 4.69) is 15.0 Å². The van der Waals surface area contributed by atoms with Gasteiger partial charge in [0.15, 0.2) is 6.61 Å². The maximum atomic E-state index is 11.4. The molecule has 0 aromatic carbocycles. The van der Waals surface area contributed by atoms with E-state index in [0.29, 0.717) is 10.7 Å². The maximum Gasteiger partial charge on any atom is 0.326 e. The maximum absolute atomic E-state index is 11.4. The normalized spacial score (nSPS) is 11.5. The zero-order valence-corrected chi connectivity index (χ0v) is 11.4. The second-order valence-electron chi connectivity index (χ2n) is 3.93. The van der Waals surface area contributed by atoms with Gasteiger partial charge in [0.05, 0.1) is 0 Å². The number of aromatic nitrogens is 1. The van der Waals surface area contributed by atoms with Crippen LogP contribution in [0.4, 0.5) is 0 Å². The molecule has 0 radical (unpaired) electrons. The van der Waals surface area contributed by atoms with Crippen LogP contribution in [0.1, 0.15) is 12.5 Å². The van der Waals surface area contributed by atoms with Crippen LogP contribution >= 0.6 is 11.6 Å². The van der Waals surface area contributed by atoms with E-state index in [9.17, 15) is 14.4 Å². The summed E-state index contributed by atoms with van der Waals surface area (Å²) in [6.45, 7) is 0.638. The molecule has 0 spiro atoms. The number of aliphatic carboxylic acids is 1. The summed E-state index contributed by atoms with van der Waals surface area (Å²) in [4.78, 5) is 36.9. The van der Waals surface area contributed by atoms with Crippen molar-refractivity contribution in [3.05, 3.63) is 29.0 Å². The van der Waals surface area contributed by atoms with E-state index >= 15 is 0 Å². The topological polar surface area (TPSA) is 106 Å². The summed E-state index contributed by atoms with van der Waals surface area (Å²) >= 11 is 5.62. The van der Waals surface area contributed by atoms with Crippen LogP contribution in [0.2, 0.25) is 5.15 Å². The predicted molar refractivity (Wildman–Crippen MR) is 69.2 cm³/mol. The molecule has 1 aromatic heterocycles. The summed E-state index contributed by atoms with van der Waals surface area (Å²) in [6, 6.07) is 2.00. The SMILES string of the molecule is CC(=O)OCC(=O)N[C@H](Cc1ccc(Cl)nc1)C(=O)O. The predicted octanol–water partition coefficient (Wildman–Crippen LogP) is 0.410. The third kappa shape index (κ3) is 5.66. The van der Waals surface area contributed by atoms with E-state index < -0.39 is 30.5 Å². The van der Waals surface area contributed by atoms with Crippen molar-refractivity contribution in [3.63, 3.8) is 0 Å². The molecule has 1 atom stereocenters. The summed E-state index contributed by atoms with van der Waals surface area (Å²) in [6.07, 6.45) is 1.47. The first kappa shape index (κ1) is 15.9. The van der Waals surface area contributed by atoms with Crippen LogP contribution in [0, 0.1) is 0 Å². The van der Waals surface area contributed by atoms with Gasteiger partial charge in [-0.15, -0.1) is 0 Å². The Morgan fingerprint density at radius 3 is 2.65 bits per heavy atom. The van der Waals surface area contributed by atoms with Crippen molar-refractivity contribution < 1.29 is 24.2 Å². The molecule has 1 aromatic rings. The molecule has 2 N–H and O–H groups in total. The Hall–Kier alpha value is -2.15. The van der Waals surface area contributed by atoms with Gasteiger partial charge in [-0.1, -0.05) is 17.7 Å². The Bertz CT molecular complexity index is 503. The van der Waals surface area contributed by atoms with E-state index in [1.54, 1.807) is 6.07 Å². The third-order valence-corrected chi connectivity index (χ3v) is 2.49. The van der Waals surface area contributed by atoms with Crippen LogP contribution in [0.5, 0.6) is 0 Å². The number of rotatable bonds is 6. The lowest BCUT2D eigenvalue weighted by molar-refractivity contribution is -0.148. The fraction of sp³-hybridized carbons (Fsp3) is 0.333. The second kappa shape index (κ2) is 7.44. The molecule has 0 fully saturated rings. The van der Waals surface area contributed by atoms with Crippen LogP contribution in [0.25, 0.3) is 0 Å². The minimum absolute atomic E-state index is 0.0469. The molecule has 0 bridgehead atoms. The Morgan fingerprint density at radius 2 is 2.15 bits per heavy atom. The standard InChI is InChI=1S/C12H13ClN2O5/c1-7(16)20-6-11(17)15-9(12(18)19)4-8-2-3-10(13)14-5-8/h2-3,5,9H,4,6H2,1H3,(H,15,17)(H,18,19)/t9-/m1/s1. The Kier molecular flexibility index (Phi) is 5.92. The fourth-order valence-corrected chi connectivity index (χ4v) is 1.48. The van der Waals surface area contributed by atoms with Gasteiger partial charge in [0.2, 0.25) is 0 Å². The molecule has 0 aliphatic carbocycles. The van der Waals surface area contributed by atoms with Crippen molar-refractivity contribution in [3.8, 4) is 0 Å². The smallest absolute Gasteiger partial charge is 0.326 e. The lowest BCUT2D eigenvalue weighted by Crippen LogP contribution is -2.44. The highest BCUT2D eigenvalue weighted by molar-refractivity contribution is 6.29. The zero-order valence-electron chi connectivity index (χ0n) is 10.6. The van der Waals surface area contributed by atoms with E-state index in [1.165, 1.54) is 12.3 Å². The highest BCUT2D eigenvalue weighted by Crippen LogP contribution is 2.07. The molecule has 0 aliphatic heterocycles. The third-order valence-electron chi connectivity index (χ3n) is 2.27. The molecular weight excluding hydrogens is 288 g/mol. The van der Waals surface area contributed by atoms with E-state index in [-0.39, 0.29) is 6.42 Å². The Labute approximate surface area is 119 Å². The minimum Gasteiger partial charge on any atom is -0.480 e. The van der Waals surface area contributed by atoms with Gasteiger partial charge in [-0.05, 0) is 11.6 Å². The van der Waals surface area contributed by atoms with Crippen molar-refractivity contribution in [1.29, 1.82) is 0 Å². The molecule has 0 saturated carbocycles. The Balaban J connectivity index is 2.60. The number of pyridine rings is 1. The second-order valence-corrected chi connectivity index (χ2v) is 4.32. The van der Waals surface area contributed by atoms with Crippen LogP contribution in [-0.2, 0) is 25.5 Å². The van der Waals surface area contributed by atoms with Crippen LogP contribution in [0.15, 0.2) is 18.3 Å². The van der Waals surface area contributed by atoms with Gasteiger partial charge < -0.3 is 15.2 Å². The number of carboxylic acids is 1. The number of ether oxygens (including phenoxy) is 1. The van der Waals surface area contributed by atoms with Crippen molar-refractivity contribution in [2.45, 2.75) is 19.4 Å². The van der Waals surface area contributed by atoms with Gasteiger partial charge in [0, 0.05) is 19.5 Å². The van der Waals surface area contributed by atoms with Crippen molar-refractivity contribution in [2.24, 2.45) is 0 Å². The number of esters is 1. The van der Waals surface area contributed by atoms with Crippen LogP contribution < -0.4 is 5.32 Å². The molecule has 0 unspecified atom stereocenters. The molecule has 1 heterocycles. The summed E-state index contributed by atoms with van der Waals surface area (Å²) < 4.78 is 4.48. The highest BCUT2D eigenvalue weighted by Gasteiger charge is 2.20. The number of carboxylic acid groups (broad SMARTS) is 1. The average Bonchev–Trinajstić information content (AvgIpc) is 2.38. The van der Waals surface area contributed by atoms with Crippen LogP contribution in [-0.4, -0.2) is 40.6 Å². The number of hydrogen-bond donors (Lipinski definition) is 2. The highest BCUT2D eigenvalue weighted by atomic mass is 35.5. The Morgan fingerprint density at radius 1 is 1.45 bits per heavy atom. The van der Waals surface area contributed by atoms with Crippen LogP contribution in [0.3, 0.4) is 0 Å². The molecule has 20 heavy (non-hydrogen) atoms. The van der Waals surface area contributed by atoms with Gasteiger partial charge in [-0.25, -0.2) is 9.78 Å². The number of nitrogens with one attached hydrogen (secondary N) is 1. The molecular formula is C12H13ClN2O5. The first-order valence-corrected chi connectivity index (χ1v) is 6.02. The number of carbonyl (C=O) groups excluding carboxylic acids is 2. The average molecular weight is 301 g/mol. The van der Waals surface area contributed by atoms with Gasteiger partial charge in [0.1, 0.15) is 11.2 Å². The number of hydrogen-bond acceptors (Lipinski definition) is 5. The summed E-state index contributed by atoms with van der Waals surface area (Å²) in [7, 11) is 0. The minimum atomic E-state index is -1.20. The fourth-order valence-electron chi connectivity index (χ4n) is 1.37. The summed E-state index contributed by atoms with van der Waals surface area (Å²) in [5.41, 5.74) is 0.606. The van der Waals surface area contributed by atoms with Crippen molar-refractivity contribution >= 4 is 29.4 Å². The van der Waals surface area contributed by atoms with Gasteiger partial charge in [-0.3, -0.25) is 9.59 Å². The van der Waals surface area contributed by atoms with E-state index in [4.69, 9.17) is 16.7 Å². The number of carbonyl (C=O) groups is 3. The van der Waals surface area contributed by atoms with Gasteiger partial charge in [0.25, 0.3) is 5.91 Å². The quantitative estimate of drug-likeness (QED) is 0.582. The number of nitrogens with zero attached hydrogens (tertiary/aromatic N) is 1. The molecule has 1 amide bonds. The molecule has 1 rings (SSSR count). The zero-order chi connectivity index (χ0) is 15.1. The monoisotopic (exact) mass is 300 g/mol. The van der Waals surface area contributed by atoms with Crippen molar-refractivity contribution in [2.75, 3.05) is 6.61 Å². The summed E-state index contributed by atoms with van der Waals surface area (Å²) in [5.74, 6) is -2.50. The molecule has 0 aliphatic rings. The number of halogens is 1. The molecule has 7 nitrogen and oxygen atoms in total. The lowest BCUT2D eigenvalue weighted by atomic mass is 10.1. The van der Waals surface area contributed by atoms with E-state index in [1.807, 2.05) is 0 Å². The molecule has 8 heteroatoms. The number of amides is 1.